The minimum absolute atomic E-state index is 0.0180. The molecule has 0 atom stereocenters. The van der Waals surface area contributed by atoms with E-state index in [0.29, 0.717) is 21.0 Å². The number of amides is 4. The van der Waals surface area contributed by atoms with Crippen molar-refractivity contribution in [3.05, 3.63) is 70.7 Å². The van der Waals surface area contributed by atoms with E-state index < -0.39 is 30.2 Å². The molecule has 126 valence electrons. The number of hydrogen-bond donors (Lipinski definition) is 0. The molecule has 0 saturated carbocycles. The minimum atomic E-state index is -0.997. The topological polar surface area (TPSA) is 74.8 Å². The van der Waals surface area contributed by atoms with Crippen LogP contribution in [0.25, 0.3) is 0 Å². The van der Waals surface area contributed by atoms with Crippen molar-refractivity contribution in [2.24, 2.45) is 0 Å². The first-order valence-corrected chi connectivity index (χ1v) is 7.85. The van der Waals surface area contributed by atoms with E-state index in [-0.39, 0.29) is 6.54 Å². The Bertz CT molecular complexity index is 849. The number of halogens is 1. The van der Waals surface area contributed by atoms with E-state index in [0.717, 1.165) is 4.90 Å². The lowest BCUT2D eigenvalue weighted by Crippen LogP contribution is -2.36. The van der Waals surface area contributed by atoms with Gasteiger partial charge in [-0.15, -0.1) is 0 Å². The number of nitrogens with zero attached hydrogens (tertiary/aromatic N) is 2. The molecule has 4 amide bonds. The molecule has 3 rings (SSSR count). The quantitative estimate of drug-likeness (QED) is 0.468. The lowest BCUT2D eigenvalue weighted by atomic mass is 10.1. The van der Waals surface area contributed by atoms with E-state index in [2.05, 4.69) is 0 Å². The molecule has 0 unspecified atom stereocenters. The van der Waals surface area contributed by atoms with E-state index in [4.69, 9.17) is 11.6 Å². The molecule has 1 aliphatic heterocycles. The van der Waals surface area contributed by atoms with Gasteiger partial charge in [0.25, 0.3) is 0 Å². The number of imide groups is 2. The molecule has 6 nitrogen and oxygen atoms in total. The van der Waals surface area contributed by atoms with Crippen molar-refractivity contribution in [3.8, 4) is 0 Å². The number of benzene rings is 2. The molecule has 0 spiro atoms. The second-order valence-electron chi connectivity index (χ2n) is 5.48. The van der Waals surface area contributed by atoms with E-state index in [1.807, 2.05) is 0 Å². The fourth-order valence-electron chi connectivity index (χ4n) is 2.47. The number of carbonyl (C=O) groups is 4. The summed E-state index contributed by atoms with van der Waals surface area (Å²) in [6.07, 6.45) is 0. The van der Waals surface area contributed by atoms with Crippen LogP contribution in [0.4, 0.5) is 4.79 Å². The van der Waals surface area contributed by atoms with Gasteiger partial charge < -0.3 is 0 Å². The van der Waals surface area contributed by atoms with Gasteiger partial charge in [0, 0.05) is 10.6 Å². The van der Waals surface area contributed by atoms with Gasteiger partial charge in [-0.25, -0.2) is 9.69 Å². The molecule has 0 bridgehead atoms. The highest BCUT2D eigenvalue weighted by molar-refractivity contribution is 6.45. The minimum Gasteiger partial charge on any atom is -0.292 e. The van der Waals surface area contributed by atoms with Crippen LogP contribution in [0.1, 0.15) is 15.9 Å². The molecule has 0 aliphatic carbocycles. The van der Waals surface area contributed by atoms with Gasteiger partial charge in [-0.2, -0.15) is 0 Å². The summed E-state index contributed by atoms with van der Waals surface area (Å²) in [5, 5.41) is 0.467. The van der Waals surface area contributed by atoms with E-state index in [1.165, 1.54) is 24.3 Å². The normalized spacial score (nSPS) is 14.4. The molecule has 2 aromatic rings. The zero-order valence-electron chi connectivity index (χ0n) is 13.0. The van der Waals surface area contributed by atoms with Gasteiger partial charge in [0.1, 0.15) is 0 Å². The molecule has 7 heteroatoms. The number of Topliss-reactive ketones (excluding diaryl/α,β-unsaturated/α-hetero) is 1. The first-order chi connectivity index (χ1) is 12.0. The Morgan fingerprint density at radius 2 is 1.44 bits per heavy atom. The van der Waals surface area contributed by atoms with E-state index >= 15 is 0 Å². The van der Waals surface area contributed by atoms with Gasteiger partial charge in [0.05, 0.1) is 13.1 Å². The maximum atomic E-state index is 12.4. The van der Waals surface area contributed by atoms with Crippen LogP contribution in [0, 0.1) is 0 Å². The number of urea groups is 1. The average Bonchev–Trinajstić information content (AvgIpc) is 2.81. The van der Waals surface area contributed by atoms with Gasteiger partial charge >= 0.3 is 17.8 Å². The molecule has 0 radical (unpaired) electrons. The number of carbonyl (C=O) groups excluding carboxylic acids is 4. The molecule has 0 N–H and O–H groups in total. The van der Waals surface area contributed by atoms with Crippen molar-refractivity contribution < 1.29 is 19.2 Å². The molecule has 1 saturated heterocycles. The van der Waals surface area contributed by atoms with Crippen LogP contribution in [-0.2, 0) is 16.1 Å². The highest BCUT2D eigenvalue weighted by Crippen LogP contribution is 2.17. The third-order valence-electron chi connectivity index (χ3n) is 3.79. The Morgan fingerprint density at radius 1 is 0.840 bits per heavy atom. The first kappa shape index (κ1) is 16.9. The number of ketones is 1. The van der Waals surface area contributed by atoms with Gasteiger partial charge in [-0.1, -0.05) is 41.9 Å². The Morgan fingerprint density at radius 3 is 2.08 bits per heavy atom. The number of hydrogen-bond acceptors (Lipinski definition) is 4. The summed E-state index contributed by atoms with van der Waals surface area (Å²) in [6.45, 7) is -0.508. The lowest BCUT2D eigenvalue weighted by Gasteiger charge is -2.15. The van der Waals surface area contributed by atoms with Crippen LogP contribution in [0.2, 0.25) is 5.02 Å². The SMILES string of the molecule is O=C(CN1C(=O)C(=O)N(Cc2ccccc2)C1=O)c1ccc(Cl)cc1. The summed E-state index contributed by atoms with van der Waals surface area (Å²) < 4.78 is 0. The van der Waals surface area contributed by atoms with Crippen LogP contribution >= 0.6 is 11.6 Å². The fourth-order valence-corrected chi connectivity index (χ4v) is 2.59. The zero-order chi connectivity index (χ0) is 18.0. The molecule has 0 aromatic heterocycles. The monoisotopic (exact) mass is 356 g/mol. The Hall–Kier alpha value is -2.99. The second-order valence-corrected chi connectivity index (χ2v) is 5.92. The zero-order valence-corrected chi connectivity index (χ0v) is 13.8. The molecular weight excluding hydrogens is 344 g/mol. The summed E-state index contributed by atoms with van der Waals surface area (Å²) in [6, 6.07) is 14.1. The van der Waals surface area contributed by atoms with Crippen molar-refractivity contribution >= 4 is 35.2 Å². The molecule has 2 aromatic carbocycles. The largest absolute Gasteiger partial charge is 0.334 e. The second kappa shape index (κ2) is 6.86. The highest BCUT2D eigenvalue weighted by Gasteiger charge is 2.45. The van der Waals surface area contributed by atoms with Crippen molar-refractivity contribution in [3.63, 3.8) is 0 Å². The average molecular weight is 357 g/mol. The lowest BCUT2D eigenvalue weighted by molar-refractivity contribution is -0.143. The maximum absolute atomic E-state index is 12.4. The predicted octanol–water partition coefficient (Wildman–Crippen LogP) is 2.51. The molecule has 25 heavy (non-hydrogen) atoms. The predicted molar refractivity (Wildman–Crippen MR) is 89.9 cm³/mol. The Labute approximate surface area is 148 Å². The van der Waals surface area contributed by atoms with Gasteiger partial charge in [-0.3, -0.25) is 19.3 Å². The Balaban J connectivity index is 1.75. The van der Waals surface area contributed by atoms with Crippen LogP contribution in [-0.4, -0.2) is 40.0 Å². The van der Waals surface area contributed by atoms with Gasteiger partial charge in [0.2, 0.25) is 0 Å². The summed E-state index contributed by atoms with van der Waals surface area (Å²) in [5.41, 5.74) is 1.02. The fraction of sp³-hybridized carbons (Fsp3) is 0.111. The third-order valence-corrected chi connectivity index (χ3v) is 4.04. The smallest absolute Gasteiger partial charge is 0.292 e. The summed E-state index contributed by atoms with van der Waals surface area (Å²) >= 11 is 5.77. The van der Waals surface area contributed by atoms with Crippen molar-refractivity contribution in [1.29, 1.82) is 0 Å². The van der Waals surface area contributed by atoms with Crippen LogP contribution in [0.5, 0.6) is 0 Å². The number of rotatable bonds is 5. The first-order valence-electron chi connectivity index (χ1n) is 7.47. The summed E-state index contributed by atoms with van der Waals surface area (Å²) in [7, 11) is 0. The van der Waals surface area contributed by atoms with Crippen molar-refractivity contribution in [2.75, 3.05) is 6.54 Å². The van der Waals surface area contributed by atoms with Crippen LogP contribution < -0.4 is 0 Å². The molecule has 1 aliphatic rings. The van der Waals surface area contributed by atoms with Crippen molar-refractivity contribution in [2.45, 2.75) is 6.54 Å². The summed E-state index contributed by atoms with van der Waals surface area (Å²) in [4.78, 5) is 50.3. The molecule has 1 fully saturated rings. The van der Waals surface area contributed by atoms with Crippen LogP contribution in [0.15, 0.2) is 54.6 Å². The Kier molecular flexibility index (Phi) is 4.63. The summed E-state index contributed by atoms with van der Waals surface area (Å²) in [5.74, 6) is -2.38. The van der Waals surface area contributed by atoms with Gasteiger partial charge in [0.15, 0.2) is 5.78 Å². The third kappa shape index (κ3) is 3.44. The molecule has 1 heterocycles. The highest BCUT2D eigenvalue weighted by atomic mass is 35.5. The van der Waals surface area contributed by atoms with E-state index in [1.54, 1.807) is 30.3 Å². The van der Waals surface area contributed by atoms with Crippen molar-refractivity contribution in [1.82, 2.24) is 9.80 Å². The van der Waals surface area contributed by atoms with Crippen LogP contribution in [0.3, 0.4) is 0 Å². The molecular formula is C18H13ClN2O4. The van der Waals surface area contributed by atoms with E-state index in [9.17, 15) is 19.2 Å². The maximum Gasteiger partial charge on any atom is 0.334 e. The van der Waals surface area contributed by atoms with Gasteiger partial charge in [-0.05, 0) is 29.8 Å². The standard InChI is InChI=1S/C18H13ClN2O4/c19-14-8-6-13(7-9-14)15(22)11-21-17(24)16(23)20(18(21)25)10-12-4-2-1-3-5-12/h1-9H,10-11H2.